The van der Waals surface area contributed by atoms with Crippen LogP contribution in [0, 0.1) is 18.7 Å². The van der Waals surface area contributed by atoms with Crippen molar-refractivity contribution in [2.45, 2.75) is 24.7 Å². The number of piperidine rings is 1. The molecule has 0 atom stereocenters. The van der Waals surface area contributed by atoms with E-state index < -0.39 is 15.8 Å². The lowest BCUT2D eigenvalue weighted by Crippen LogP contribution is -2.38. The standard InChI is InChI=1S/C20H22FN3O2S2/c1-14-12-16(21)6-7-19(14)28(25,26)22-13-15-8-10-24(11-9-15)20-23-17-4-2-3-5-18(17)27-20/h2-7,12,15,22H,8-11,13H2,1H3. The lowest BCUT2D eigenvalue weighted by molar-refractivity contribution is 0.402. The van der Waals surface area contributed by atoms with E-state index in [9.17, 15) is 12.8 Å². The van der Waals surface area contributed by atoms with Crippen LogP contribution < -0.4 is 9.62 Å². The van der Waals surface area contributed by atoms with Gasteiger partial charge in [-0.05, 0) is 61.6 Å². The van der Waals surface area contributed by atoms with E-state index in [4.69, 9.17) is 4.98 Å². The molecule has 1 fully saturated rings. The third-order valence-electron chi connectivity index (χ3n) is 5.16. The summed E-state index contributed by atoms with van der Waals surface area (Å²) < 4.78 is 42.2. The van der Waals surface area contributed by atoms with Crippen molar-refractivity contribution in [3.05, 3.63) is 53.8 Å². The predicted octanol–water partition coefficient (Wildman–Crippen LogP) is 3.94. The van der Waals surface area contributed by atoms with E-state index in [1.165, 1.54) is 22.9 Å². The second kappa shape index (κ2) is 7.77. The van der Waals surface area contributed by atoms with Gasteiger partial charge in [0, 0.05) is 19.6 Å². The molecule has 148 valence electrons. The molecule has 2 heterocycles. The number of aromatic nitrogens is 1. The van der Waals surface area contributed by atoms with Crippen LogP contribution in [0.3, 0.4) is 0 Å². The van der Waals surface area contributed by atoms with E-state index in [0.29, 0.717) is 12.1 Å². The van der Waals surface area contributed by atoms with Crippen molar-refractivity contribution in [1.29, 1.82) is 0 Å². The molecule has 1 aliphatic heterocycles. The minimum atomic E-state index is -3.63. The number of hydrogen-bond acceptors (Lipinski definition) is 5. The Labute approximate surface area is 168 Å². The second-order valence-electron chi connectivity index (χ2n) is 7.16. The molecule has 28 heavy (non-hydrogen) atoms. The first-order chi connectivity index (χ1) is 13.4. The molecule has 0 unspecified atom stereocenters. The van der Waals surface area contributed by atoms with Crippen LogP contribution in [-0.2, 0) is 10.0 Å². The number of nitrogens with zero attached hydrogens (tertiary/aromatic N) is 2. The highest BCUT2D eigenvalue weighted by Gasteiger charge is 2.24. The first kappa shape index (κ1) is 19.3. The summed E-state index contributed by atoms with van der Waals surface area (Å²) in [5, 5.41) is 1.03. The molecule has 0 amide bonds. The summed E-state index contributed by atoms with van der Waals surface area (Å²) in [5.74, 6) is -0.153. The monoisotopic (exact) mass is 419 g/mol. The number of fused-ring (bicyclic) bond motifs is 1. The second-order valence-corrected chi connectivity index (χ2v) is 9.90. The largest absolute Gasteiger partial charge is 0.348 e. The summed E-state index contributed by atoms with van der Waals surface area (Å²) in [6.45, 7) is 3.73. The molecular formula is C20H22FN3O2S2. The Bertz CT molecular complexity index is 1060. The number of thiazole rings is 1. The Balaban J connectivity index is 1.35. The first-order valence-corrected chi connectivity index (χ1v) is 11.6. The molecule has 3 aromatic rings. The van der Waals surface area contributed by atoms with Gasteiger partial charge in [0.15, 0.2) is 5.13 Å². The molecule has 2 aromatic carbocycles. The molecule has 0 saturated carbocycles. The number of benzene rings is 2. The third kappa shape index (κ3) is 4.04. The molecule has 1 saturated heterocycles. The van der Waals surface area contributed by atoms with Crippen molar-refractivity contribution in [2.24, 2.45) is 5.92 Å². The average molecular weight is 420 g/mol. The number of rotatable bonds is 5. The highest BCUT2D eigenvalue weighted by atomic mass is 32.2. The van der Waals surface area contributed by atoms with Crippen LogP contribution in [0.15, 0.2) is 47.4 Å². The minimum absolute atomic E-state index is 0.140. The molecule has 0 bridgehead atoms. The van der Waals surface area contributed by atoms with E-state index in [0.717, 1.165) is 36.6 Å². The quantitative estimate of drug-likeness (QED) is 0.680. The van der Waals surface area contributed by atoms with Crippen LogP contribution in [0.5, 0.6) is 0 Å². The van der Waals surface area contributed by atoms with E-state index in [1.54, 1.807) is 18.3 Å². The highest BCUT2D eigenvalue weighted by Crippen LogP contribution is 2.31. The fraction of sp³-hybridized carbons (Fsp3) is 0.350. The molecule has 1 aromatic heterocycles. The maximum absolute atomic E-state index is 13.2. The van der Waals surface area contributed by atoms with Crippen molar-refractivity contribution in [2.75, 3.05) is 24.5 Å². The Hall–Kier alpha value is -2.03. The van der Waals surface area contributed by atoms with Gasteiger partial charge in [-0.1, -0.05) is 23.5 Å². The van der Waals surface area contributed by atoms with Crippen LogP contribution >= 0.6 is 11.3 Å². The van der Waals surface area contributed by atoms with Crippen molar-refractivity contribution >= 4 is 36.7 Å². The normalized spacial score (nSPS) is 16.0. The van der Waals surface area contributed by atoms with Crippen LogP contribution in [0.25, 0.3) is 10.2 Å². The third-order valence-corrected chi connectivity index (χ3v) is 7.84. The lowest BCUT2D eigenvalue weighted by atomic mass is 9.97. The van der Waals surface area contributed by atoms with E-state index in [2.05, 4.69) is 15.7 Å². The number of nitrogens with one attached hydrogen (secondary N) is 1. The summed E-state index contributed by atoms with van der Waals surface area (Å²) >= 11 is 1.70. The summed E-state index contributed by atoms with van der Waals surface area (Å²) in [4.78, 5) is 7.12. The molecule has 0 aliphatic carbocycles. The van der Waals surface area contributed by atoms with Crippen LogP contribution in [0.2, 0.25) is 0 Å². The fourth-order valence-corrected chi connectivity index (χ4v) is 5.90. The van der Waals surface area contributed by atoms with E-state index in [1.807, 2.05) is 18.2 Å². The van der Waals surface area contributed by atoms with Crippen LogP contribution in [0.1, 0.15) is 18.4 Å². The SMILES string of the molecule is Cc1cc(F)ccc1S(=O)(=O)NCC1CCN(c2nc3ccccc3s2)CC1. The van der Waals surface area contributed by atoms with E-state index >= 15 is 0 Å². The number of anilines is 1. The summed E-state index contributed by atoms with van der Waals surface area (Å²) in [6.07, 6.45) is 1.81. The molecule has 4 rings (SSSR count). The Morgan fingerprint density at radius 2 is 1.96 bits per heavy atom. The smallest absolute Gasteiger partial charge is 0.240 e. The zero-order chi connectivity index (χ0) is 19.7. The molecular weight excluding hydrogens is 397 g/mol. The van der Waals surface area contributed by atoms with Gasteiger partial charge in [0.05, 0.1) is 15.1 Å². The van der Waals surface area contributed by atoms with Crippen LogP contribution in [0.4, 0.5) is 9.52 Å². The topological polar surface area (TPSA) is 62.3 Å². The summed E-state index contributed by atoms with van der Waals surface area (Å²) in [5.41, 5.74) is 1.44. The van der Waals surface area contributed by atoms with Crippen molar-refractivity contribution in [3.8, 4) is 0 Å². The average Bonchev–Trinajstić information content (AvgIpc) is 3.11. The summed E-state index contributed by atoms with van der Waals surface area (Å²) in [7, 11) is -3.63. The Morgan fingerprint density at radius 1 is 1.21 bits per heavy atom. The molecule has 8 heteroatoms. The fourth-order valence-electron chi connectivity index (χ4n) is 3.54. The highest BCUT2D eigenvalue weighted by molar-refractivity contribution is 7.89. The number of sulfonamides is 1. The van der Waals surface area contributed by atoms with Gasteiger partial charge in [0.2, 0.25) is 10.0 Å². The molecule has 0 radical (unpaired) electrons. The maximum atomic E-state index is 13.2. The zero-order valence-corrected chi connectivity index (χ0v) is 17.2. The summed E-state index contributed by atoms with van der Waals surface area (Å²) in [6, 6.07) is 11.9. The maximum Gasteiger partial charge on any atom is 0.240 e. The predicted molar refractivity (Wildman–Crippen MR) is 111 cm³/mol. The van der Waals surface area contributed by atoms with Crippen molar-refractivity contribution in [3.63, 3.8) is 0 Å². The Kier molecular flexibility index (Phi) is 5.35. The number of para-hydroxylation sites is 1. The van der Waals surface area contributed by atoms with Crippen LogP contribution in [-0.4, -0.2) is 33.0 Å². The van der Waals surface area contributed by atoms with Crippen molar-refractivity contribution in [1.82, 2.24) is 9.71 Å². The van der Waals surface area contributed by atoms with Gasteiger partial charge >= 0.3 is 0 Å². The number of hydrogen-bond donors (Lipinski definition) is 1. The number of halogens is 1. The van der Waals surface area contributed by atoms with Gasteiger partial charge in [-0.2, -0.15) is 0 Å². The zero-order valence-electron chi connectivity index (χ0n) is 15.6. The van der Waals surface area contributed by atoms with Gasteiger partial charge in [-0.3, -0.25) is 0 Å². The molecule has 0 spiro atoms. The lowest BCUT2D eigenvalue weighted by Gasteiger charge is -2.31. The van der Waals surface area contributed by atoms with Gasteiger partial charge in [-0.25, -0.2) is 22.5 Å². The molecule has 1 aliphatic rings. The first-order valence-electron chi connectivity index (χ1n) is 9.29. The van der Waals surface area contributed by atoms with Gasteiger partial charge < -0.3 is 4.90 Å². The van der Waals surface area contributed by atoms with Crippen molar-refractivity contribution < 1.29 is 12.8 Å². The van der Waals surface area contributed by atoms with E-state index in [-0.39, 0.29) is 10.8 Å². The van der Waals surface area contributed by atoms with Gasteiger partial charge in [-0.15, -0.1) is 0 Å². The molecule has 1 N–H and O–H groups in total. The Morgan fingerprint density at radius 3 is 2.68 bits per heavy atom. The van der Waals surface area contributed by atoms with Gasteiger partial charge in [0.25, 0.3) is 0 Å². The minimum Gasteiger partial charge on any atom is -0.348 e. The molecule has 5 nitrogen and oxygen atoms in total. The number of aryl methyl sites for hydroxylation is 1. The van der Waals surface area contributed by atoms with Gasteiger partial charge in [0.1, 0.15) is 5.82 Å².